The van der Waals surface area contributed by atoms with Crippen LogP contribution in [0, 0.1) is 6.92 Å². The first-order valence-corrected chi connectivity index (χ1v) is 6.74. The number of carboxylic acids is 1. The predicted octanol–water partition coefficient (Wildman–Crippen LogP) is 3.01. The van der Waals surface area contributed by atoms with Crippen molar-refractivity contribution in [3.05, 3.63) is 65.2 Å². The van der Waals surface area contributed by atoms with Gasteiger partial charge in [0.05, 0.1) is 0 Å². The fourth-order valence-corrected chi connectivity index (χ4v) is 1.99. The fourth-order valence-electron chi connectivity index (χ4n) is 1.99. The summed E-state index contributed by atoms with van der Waals surface area (Å²) in [6, 6.07) is 14.8. The Morgan fingerprint density at radius 1 is 1.18 bits per heavy atom. The molecule has 0 bridgehead atoms. The van der Waals surface area contributed by atoms with Gasteiger partial charge in [-0.25, -0.2) is 4.79 Å². The molecule has 0 fully saturated rings. The van der Waals surface area contributed by atoms with Crippen molar-refractivity contribution in [2.24, 2.45) is 5.16 Å². The van der Waals surface area contributed by atoms with E-state index < -0.39 is 5.97 Å². The average molecular weight is 299 g/mol. The SMILES string of the molecule is CON=C(C(=O)O)c1cccc(COc2ccccc2C)c1. The Morgan fingerprint density at radius 2 is 1.95 bits per heavy atom. The Morgan fingerprint density at radius 3 is 2.64 bits per heavy atom. The number of rotatable bonds is 6. The molecule has 0 saturated heterocycles. The minimum absolute atomic E-state index is 0.139. The molecule has 0 spiro atoms. The number of oxime groups is 1. The first kappa shape index (κ1) is 15.6. The van der Waals surface area contributed by atoms with Crippen molar-refractivity contribution in [2.45, 2.75) is 13.5 Å². The summed E-state index contributed by atoms with van der Waals surface area (Å²) in [5.74, 6) is -0.337. The van der Waals surface area contributed by atoms with Crippen LogP contribution in [0.15, 0.2) is 53.7 Å². The maximum atomic E-state index is 11.2. The summed E-state index contributed by atoms with van der Waals surface area (Å²) in [6.07, 6.45) is 0. The Kier molecular flexibility index (Phi) is 5.14. The normalized spacial score (nSPS) is 11.1. The smallest absolute Gasteiger partial charge is 0.358 e. The highest BCUT2D eigenvalue weighted by Crippen LogP contribution is 2.18. The highest BCUT2D eigenvalue weighted by Gasteiger charge is 2.14. The van der Waals surface area contributed by atoms with Crippen molar-refractivity contribution in [2.75, 3.05) is 7.11 Å². The molecule has 0 aromatic heterocycles. The van der Waals surface area contributed by atoms with Gasteiger partial charge in [0.1, 0.15) is 19.5 Å². The van der Waals surface area contributed by atoms with Gasteiger partial charge in [0.2, 0.25) is 0 Å². The summed E-state index contributed by atoms with van der Waals surface area (Å²) >= 11 is 0. The van der Waals surface area contributed by atoms with Crippen molar-refractivity contribution in [1.29, 1.82) is 0 Å². The van der Waals surface area contributed by atoms with E-state index in [1.807, 2.05) is 37.3 Å². The third-order valence-corrected chi connectivity index (χ3v) is 3.07. The molecule has 0 saturated carbocycles. The van der Waals surface area contributed by atoms with E-state index in [0.717, 1.165) is 16.9 Å². The van der Waals surface area contributed by atoms with Gasteiger partial charge >= 0.3 is 5.97 Å². The van der Waals surface area contributed by atoms with E-state index in [9.17, 15) is 4.79 Å². The molecule has 1 N–H and O–H groups in total. The average Bonchev–Trinajstić information content (AvgIpc) is 2.52. The number of carboxylic acid groups (broad SMARTS) is 1. The summed E-state index contributed by atoms with van der Waals surface area (Å²) in [6.45, 7) is 2.32. The molecular formula is C17H17NO4. The van der Waals surface area contributed by atoms with Gasteiger partial charge in [-0.3, -0.25) is 0 Å². The van der Waals surface area contributed by atoms with E-state index in [2.05, 4.69) is 9.99 Å². The predicted molar refractivity (Wildman–Crippen MR) is 83.1 cm³/mol. The van der Waals surface area contributed by atoms with Crippen molar-refractivity contribution >= 4 is 11.7 Å². The van der Waals surface area contributed by atoms with E-state index in [1.165, 1.54) is 7.11 Å². The van der Waals surface area contributed by atoms with Gasteiger partial charge in [0.15, 0.2) is 5.71 Å². The number of benzene rings is 2. The molecule has 2 aromatic carbocycles. The molecule has 0 aliphatic rings. The first-order valence-electron chi connectivity index (χ1n) is 6.74. The third-order valence-electron chi connectivity index (χ3n) is 3.07. The van der Waals surface area contributed by atoms with Crippen LogP contribution in [-0.2, 0) is 16.2 Å². The molecule has 0 heterocycles. The molecule has 0 radical (unpaired) electrons. The summed E-state index contributed by atoms with van der Waals surface area (Å²) in [5, 5.41) is 12.7. The van der Waals surface area contributed by atoms with Gasteiger partial charge < -0.3 is 14.7 Å². The highest BCUT2D eigenvalue weighted by atomic mass is 16.6. The summed E-state index contributed by atoms with van der Waals surface area (Å²) in [7, 11) is 1.31. The van der Waals surface area contributed by atoms with Crippen molar-refractivity contribution in [3.63, 3.8) is 0 Å². The molecule has 2 aromatic rings. The molecular weight excluding hydrogens is 282 g/mol. The Balaban J connectivity index is 2.17. The quantitative estimate of drug-likeness (QED) is 0.657. The van der Waals surface area contributed by atoms with E-state index in [0.29, 0.717) is 12.2 Å². The second-order valence-electron chi connectivity index (χ2n) is 4.68. The number of para-hydroxylation sites is 1. The molecule has 2 rings (SSSR count). The largest absolute Gasteiger partial charge is 0.489 e. The number of nitrogens with zero attached hydrogens (tertiary/aromatic N) is 1. The second kappa shape index (κ2) is 7.26. The van der Waals surface area contributed by atoms with Gasteiger partial charge in [-0.05, 0) is 30.2 Å². The molecule has 5 heteroatoms. The summed E-state index contributed by atoms with van der Waals surface area (Å²) in [4.78, 5) is 15.8. The minimum atomic E-state index is -1.14. The number of hydrogen-bond donors (Lipinski definition) is 1. The monoisotopic (exact) mass is 299 g/mol. The van der Waals surface area contributed by atoms with Crippen molar-refractivity contribution in [1.82, 2.24) is 0 Å². The standard InChI is InChI=1S/C17H17NO4/c1-12-6-3-4-9-15(12)22-11-13-7-5-8-14(10-13)16(17(19)20)18-21-2/h3-10H,11H2,1-2H3,(H,19,20). The van der Waals surface area contributed by atoms with Crippen LogP contribution in [0.2, 0.25) is 0 Å². The number of hydrogen-bond acceptors (Lipinski definition) is 4. The summed E-state index contributed by atoms with van der Waals surface area (Å²) in [5.41, 5.74) is 2.23. The van der Waals surface area contributed by atoms with Gasteiger partial charge in [-0.15, -0.1) is 0 Å². The Hall–Kier alpha value is -2.82. The highest BCUT2D eigenvalue weighted by molar-refractivity contribution is 6.42. The minimum Gasteiger partial charge on any atom is -0.489 e. The van der Waals surface area contributed by atoms with Gasteiger partial charge in [0, 0.05) is 5.56 Å². The molecule has 22 heavy (non-hydrogen) atoms. The van der Waals surface area contributed by atoms with E-state index in [-0.39, 0.29) is 5.71 Å². The fraction of sp³-hybridized carbons (Fsp3) is 0.176. The molecule has 0 aliphatic heterocycles. The van der Waals surface area contributed by atoms with E-state index in [4.69, 9.17) is 9.84 Å². The van der Waals surface area contributed by atoms with Gasteiger partial charge in [0.25, 0.3) is 0 Å². The molecule has 114 valence electrons. The van der Waals surface area contributed by atoms with Crippen LogP contribution in [0.1, 0.15) is 16.7 Å². The van der Waals surface area contributed by atoms with Crippen LogP contribution >= 0.6 is 0 Å². The maximum absolute atomic E-state index is 11.2. The lowest BCUT2D eigenvalue weighted by atomic mass is 10.1. The van der Waals surface area contributed by atoms with Crippen LogP contribution in [0.25, 0.3) is 0 Å². The van der Waals surface area contributed by atoms with E-state index in [1.54, 1.807) is 18.2 Å². The molecule has 0 aliphatic carbocycles. The maximum Gasteiger partial charge on any atom is 0.358 e. The Labute approximate surface area is 128 Å². The Bertz CT molecular complexity index is 695. The summed E-state index contributed by atoms with van der Waals surface area (Å²) < 4.78 is 5.76. The zero-order chi connectivity index (χ0) is 15.9. The zero-order valence-corrected chi connectivity index (χ0v) is 12.4. The second-order valence-corrected chi connectivity index (χ2v) is 4.68. The number of aliphatic carboxylic acids is 1. The number of aryl methyl sites for hydroxylation is 1. The first-order chi connectivity index (χ1) is 10.6. The molecule has 5 nitrogen and oxygen atoms in total. The number of ether oxygens (including phenoxy) is 1. The third kappa shape index (κ3) is 3.85. The molecule has 0 unspecified atom stereocenters. The van der Waals surface area contributed by atoms with Gasteiger partial charge in [-0.1, -0.05) is 41.6 Å². The van der Waals surface area contributed by atoms with Crippen molar-refractivity contribution < 1.29 is 19.5 Å². The zero-order valence-electron chi connectivity index (χ0n) is 12.4. The lowest BCUT2D eigenvalue weighted by molar-refractivity contribution is -0.129. The van der Waals surface area contributed by atoms with E-state index >= 15 is 0 Å². The van der Waals surface area contributed by atoms with Crippen LogP contribution in [0.3, 0.4) is 0 Å². The topological polar surface area (TPSA) is 68.1 Å². The van der Waals surface area contributed by atoms with Crippen LogP contribution in [-0.4, -0.2) is 23.9 Å². The van der Waals surface area contributed by atoms with Crippen LogP contribution in [0.5, 0.6) is 5.75 Å². The lowest BCUT2D eigenvalue weighted by Gasteiger charge is -2.10. The molecule has 0 amide bonds. The van der Waals surface area contributed by atoms with Gasteiger partial charge in [-0.2, -0.15) is 0 Å². The van der Waals surface area contributed by atoms with Crippen molar-refractivity contribution in [3.8, 4) is 5.75 Å². The van der Waals surface area contributed by atoms with Crippen LogP contribution < -0.4 is 4.74 Å². The lowest BCUT2D eigenvalue weighted by Crippen LogP contribution is -2.15. The number of carbonyl (C=O) groups is 1. The van der Waals surface area contributed by atoms with Crippen LogP contribution in [0.4, 0.5) is 0 Å². The molecule has 0 atom stereocenters.